The lowest BCUT2D eigenvalue weighted by Gasteiger charge is -2.16. The van der Waals surface area contributed by atoms with Crippen LogP contribution in [-0.2, 0) is 0 Å². The second-order valence-corrected chi connectivity index (χ2v) is 3.16. The SMILES string of the molecule is [NH3+]NC(=S)NC1CCCC1O. The number of nitrogens with one attached hydrogen (secondary N) is 2. The van der Waals surface area contributed by atoms with Crippen LogP contribution < -0.4 is 16.6 Å². The molecule has 0 bridgehead atoms. The van der Waals surface area contributed by atoms with Gasteiger partial charge in [-0.1, -0.05) is 0 Å². The highest BCUT2D eigenvalue weighted by Crippen LogP contribution is 2.18. The summed E-state index contributed by atoms with van der Waals surface area (Å²) in [7, 11) is 0. The molecule has 0 heterocycles. The Hall–Kier alpha value is -0.390. The Morgan fingerprint density at radius 3 is 2.73 bits per heavy atom. The van der Waals surface area contributed by atoms with Crippen LogP contribution in [0.4, 0.5) is 0 Å². The van der Waals surface area contributed by atoms with Crippen LogP contribution in [0.1, 0.15) is 19.3 Å². The Labute approximate surface area is 71.1 Å². The van der Waals surface area contributed by atoms with Crippen molar-refractivity contribution in [2.75, 3.05) is 0 Å². The van der Waals surface area contributed by atoms with Gasteiger partial charge in [0.15, 0.2) is 0 Å². The van der Waals surface area contributed by atoms with E-state index in [0.717, 1.165) is 19.3 Å². The van der Waals surface area contributed by atoms with Gasteiger partial charge in [0.05, 0.1) is 12.1 Å². The highest BCUT2D eigenvalue weighted by molar-refractivity contribution is 7.80. The molecule has 1 aliphatic carbocycles. The molecular weight excluding hydrogens is 162 g/mol. The summed E-state index contributed by atoms with van der Waals surface area (Å²) in [6.45, 7) is 0. The van der Waals surface area contributed by atoms with Crippen molar-refractivity contribution in [3.8, 4) is 0 Å². The molecule has 0 spiro atoms. The number of aliphatic hydroxyl groups excluding tert-OH is 1. The molecule has 2 atom stereocenters. The molecule has 2 unspecified atom stereocenters. The van der Waals surface area contributed by atoms with Gasteiger partial charge in [0.1, 0.15) is 0 Å². The number of hydrogen-bond acceptors (Lipinski definition) is 2. The normalized spacial score (nSPS) is 30.0. The molecule has 0 saturated heterocycles. The molecule has 1 saturated carbocycles. The van der Waals surface area contributed by atoms with E-state index in [1.54, 1.807) is 0 Å². The maximum atomic E-state index is 9.36. The van der Waals surface area contributed by atoms with Gasteiger partial charge in [0, 0.05) is 0 Å². The average Bonchev–Trinajstić information content (AvgIpc) is 2.37. The van der Waals surface area contributed by atoms with Crippen LogP contribution in [0, 0.1) is 0 Å². The first-order valence-corrected chi connectivity index (χ1v) is 4.16. The molecule has 1 fully saturated rings. The Kier molecular flexibility index (Phi) is 3.04. The summed E-state index contributed by atoms with van der Waals surface area (Å²) in [5.41, 5.74) is 2.57. The molecular formula is C6H14N3OS+. The molecule has 6 N–H and O–H groups in total. The topological polar surface area (TPSA) is 71.9 Å². The van der Waals surface area contributed by atoms with Crippen molar-refractivity contribution < 1.29 is 10.9 Å². The van der Waals surface area contributed by atoms with Gasteiger partial charge in [-0.2, -0.15) is 0 Å². The largest absolute Gasteiger partial charge is 0.391 e. The Morgan fingerprint density at radius 2 is 2.27 bits per heavy atom. The zero-order valence-electron chi connectivity index (χ0n) is 6.34. The zero-order chi connectivity index (χ0) is 8.27. The first-order chi connectivity index (χ1) is 5.24. The van der Waals surface area contributed by atoms with Gasteiger partial charge in [-0.3, -0.25) is 5.84 Å². The average molecular weight is 176 g/mol. The molecule has 0 aromatic rings. The van der Waals surface area contributed by atoms with Crippen LogP contribution >= 0.6 is 12.2 Å². The van der Waals surface area contributed by atoms with Crippen LogP contribution in [-0.4, -0.2) is 22.4 Å². The molecule has 0 aliphatic heterocycles. The molecule has 0 aromatic heterocycles. The van der Waals surface area contributed by atoms with E-state index < -0.39 is 0 Å². The lowest BCUT2D eigenvalue weighted by atomic mass is 10.2. The molecule has 1 aliphatic rings. The smallest absolute Gasteiger partial charge is 0.213 e. The summed E-state index contributed by atoms with van der Waals surface area (Å²) in [6.07, 6.45) is 2.68. The highest BCUT2D eigenvalue weighted by atomic mass is 32.1. The second kappa shape index (κ2) is 3.85. The van der Waals surface area contributed by atoms with Gasteiger partial charge < -0.3 is 10.4 Å². The van der Waals surface area contributed by atoms with Gasteiger partial charge in [-0.25, -0.2) is 5.43 Å². The van der Waals surface area contributed by atoms with Gasteiger partial charge in [-0.05, 0) is 31.5 Å². The van der Waals surface area contributed by atoms with Gasteiger partial charge in [0.2, 0.25) is 5.11 Å². The van der Waals surface area contributed by atoms with Gasteiger partial charge >= 0.3 is 0 Å². The van der Waals surface area contributed by atoms with E-state index in [0.29, 0.717) is 5.11 Å². The van der Waals surface area contributed by atoms with E-state index in [1.165, 1.54) is 0 Å². The highest BCUT2D eigenvalue weighted by Gasteiger charge is 2.25. The molecule has 64 valence electrons. The van der Waals surface area contributed by atoms with E-state index in [-0.39, 0.29) is 12.1 Å². The third kappa shape index (κ3) is 2.28. The summed E-state index contributed by atoms with van der Waals surface area (Å²) in [4.78, 5) is 0. The van der Waals surface area contributed by atoms with Crippen molar-refractivity contribution in [2.24, 2.45) is 0 Å². The number of thiocarbonyl (C=S) groups is 1. The van der Waals surface area contributed by atoms with Crippen molar-refractivity contribution in [3.05, 3.63) is 0 Å². The van der Waals surface area contributed by atoms with Gasteiger partial charge in [-0.15, -0.1) is 0 Å². The van der Waals surface area contributed by atoms with E-state index in [4.69, 9.17) is 12.2 Å². The molecule has 0 amide bonds. The van der Waals surface area contributed by atoms with Crippen LogP contribution in [0.2, 0.25) is 0 Å². The van der Waals surface area contributed by atoms with Crippen molar-refractivity contribution in [3.63, 3.8) is 0 Å². The van der Waals surface area contributed by atoms with E-state index in [9.17, 15) is 5.11 Å². The van der Waals surface area contributed by atoms with Crippen LogP contribution in [0.3, 0.4) is 0 Å². The summed E-state index contributed by atoms with van der Waals surface area (Å²) in [6, 6.07) is 0.122. The lowest BCUT2D eigenvalue weighted by Crippen LogP contribution is -2.70. The molecule has 4 nitrogen and oxygen atoms in total. The fraction of sp³-hybridized carbons (Fsp3) is 0.833. The molecule has 11 heavy (non-hydrogen) atoms. The van der Waals surface area contributed by atoms with Crippen molar-refractivity contribution in [1.29, 1.82) is 0 Å². The number of aliphatic hydroxyl groups is 1. The summed E-state index contributed by atoms with van der Waals surface area (Å²) >= 11 is 4.85. The predicted molar refractivity (Wildman–Crippen MR) is 45.4 cm³/mol. The first kappa shape index (κ1) is 8.70. The minimum Gasteiger partial charge on any atom is -0.391 e. The monoisotopic (exact) mass is 176 g/mol. The summed E-state index contributed by atoms with van der Waals surface area (Å²) in [5, 5.41) is 12.9. The Balaban J connectivity index is 2.30. The maximum absolute atomic E-state index is 9.36. The first-order valence-electron chi connectivity index (χ1n) is 3.75. The van der Waals surface area contributed by atoms with E-state index >= 15 is 0 Å². The second-order valence-electron chi connectivity index (χ2n) is 2.75. The molecule has 0 aromatic carbocycles. The number of hydrogen-bond donors (Lipinski definition) is 4. The summed E-state index contributed by atoms with van der Waals surface area (Å²) in [5.74, 6) is 3.42. The minimum absolute atomic E-state index is 0.122. The molecule has 0 radical (unpaired) electrons. The number of rotatable bonds is 1. The number of quaternary nitrogens is 1. The van der Waals surface area contributed by atoms with E-state index in [2.05, 4.69) is 16.6 Å². The molecule has 1 rings (SSSR count). The van der Waals surface area contributed by atoms with Crippen LogP contribution in [0.5, 0.6) is 0 Å². The Bertz CT molecular complexity index is 153. The predicted octanol–water partition coefficient (Wildman–Crippen LogP) is -1.48. The third-order valence-electron chi connectivity index (χ3n) is 1.96. The third-order valence-corrected chi connectivity index (χ3v) is 2.22. The van der Waals surface area contributed by atoms with E-state index in [1.807, 2.05) is 0 Å². The standard InChI is InChI=1S/C6H13N3OS/c7-9-6(11)8-4-2-1-3-5(4)10/h4-5,10H,1-3,7H2,(H2,8,9,11)/p+1. The Morgan fingerprint density at radius 1 is 1.55 bits per heavy atom. The van der Waals surface area contributed by atoms with Crippen molar-refractivity contribution >= 4 is 17.3 Å². The van der Waals surface area contributed by atoms with Crippen LogP contribution in [0.25, 0.3) is 0 Å². The minimum atomic E-state index is -0.249. The fourth-order valence-electron chi connectivity index (χ4n) is 1.33. The van der Waals surface area contributed by atoms with Crippen LogP contribution in [0.15, 0.2) is 0 Å². The summed E-state index contributed by atoms with van der Waals surface area (Å²) < 4.78 is 0. The maximum Gasteiger partial charge on any atom is 0.213 e. The lowest BCUT2D eigenvalue weighted by molar-refractivity contribution is -0.419. The van der Waals surface area contributed by atoms with Crippen molar-refractivity contribution in [2.45, 2.75) is 31.4 Å². The fourth-order valence-corrected chi connectivity index (χ4v) is 1.48. The zero-order valence-corrected chi connectivity index (χ0v) is 7.16. The molecule has 5 heteroatoms. The van der Waals surface area contributed by atoms with Crippen molar-refractivity contribution in [1.82, 2.24) is 10.7 Å². The van der Waals surface area contributed by atoms with Gasteiger partial charge in [0.25, 0.3) is 0 Å². The quantitative estimate of drug-likeness (QED) is 0.290.